The van der Waals surface area contributed by atoms with Crippen molar-refractivity contribution in [2.24, 2.45) is 16.5 Å². The van der Waals surface area contributed by atoms with E-state index in [0.29, 0.717) is 0 Å². The second-order valence-corrected chi connectivity index (χ2v) is 1.75. The Morgan fingerprint density at radius 3 is 2.00 bits per heavy atom. The molecule has 0 aromatic carbocycles. The summed E-state index contributed by atoms with van der Waals surface area (Å²) in [5.74, 6) is -0.0382. The molecule has 0 unspecified atom stereocenters. The maximum Gasteiger partial charge on any atom is 0.220 e. The molecule has 0 saturated carbocycles. The molecule has 0 rings (SSSR count). The second kappa shape index (κ2) is 2.91. The number of hydrogen-bond acceptors (Lipinski definition) is 1. The molecule has 0 bridgehead atoms. The molecule has 0 saturated heterocycles. The van der Waals surface area contributed by atoms with Gasteiger partial charge in [0.2, 0.25) is 5.96 Å². The Morgan fingerprint density at radius 1 is 1.44 bits per heavy atom. The summed E-state index contributed by atoms with van der Waals surface area (Å²) in [5.41, 5.74) is 9.98. The largest absolute Gasteiger partial charge is 0.370 e. The molecule has 0 aromatic rings. The van der Waals surface area contributed by atoms with Crippen LogP contribution >= 0.6 is 0 Å². The summed E-state index contributed by atoms with van der Waals surface area (Å²) in [5, 5.41) is 7.05. The molecular formula is C4H11N5. The molecule has 5 nitrogen and oxygen atoms in total. The van der Waals surface area contributed by atoms with Crippen LogP contribution in [-0.2, 0) is 0 Å². The Labute approximate surface area is 53.9 Å². The third-order valence-corrected chi connectivity index (χ3v) is 0.659. The third-order valence-electron chi connectivity index (χ3n) is 0.659. The van der Waals surface area contributed by atoms with Crippen molar-refractivity contribution in [2.45, 2.75) is 0 Å². The van der Waals surface area contributed by atoms with Crippen molar-refractivity contribution < 1.29 is 0 Å². The van der Waals surface area contributed by atoms with Crippen LogP contribution in [0.1, 0.15) is 0 Å². The van der Waals surface area contributed by atoms with E-state index in [1.54, 1.807) is 14.1 Å². The lowest BCUT2D eigenvalue weighted by molar-refractivity contribution is 0.609. The first-order valence-electron chi connectivity index (χ1n) is 2.39. The molecule has 0 aliphatic carbocycles. The van der Waals surface area contributed by atoms with E-state index in [2.05, 4.69) is 4.99 Å². The molecule has 0 aromatic heterocycles. The van der Waals surface area contributed by atoms with Gasteiger partial charge in [-0.2, -0.15) is 4.99 Å². The summed E-state index contributed by atoms with van der Waals surface area (Å²) in [6.45, 7) is 0. The van der Waals surface area contributed by atoms with Crippen LogP contribution in [0.4, 0.5) is 0 Å². The summed E-state index contributed by atoms with van der Waals surface area (Å²) >= 11 is 0. The van der Waals surface area contributed by atoms with Gasteiger partial charge < -0.3 is 16.4 Å². The Kier molecular flexibility index (Phi) is 2.50. The van der Waals surface area contributed by atoms with Gasteiger partial charge in [-0.25, -0.2) is 0 Å². The van der Waals surface area contributed by atoms with Crippen molar-refractivity contribution in [3.8, 4) is 0 Å². The van der Waals surface area contributed by atoms with Crippen LogP contribution in [0.3, 0.4) is 0 Å². The van der Waals surface area contributed by atoms with E-state index < -0.39 is 0 Å². The third kappa shape index (κ3) is 3.33. The lowest BCUT2D eigenvalue weighted by Gasteiger charge is -2.07. The highest BCUT2D eigenvalue weighted by atomic mass is 16.2. The fourth-order valence-corrected chi connectivity index (χ4v) is 0.222. The van der Waals surface area contributed by atoms with E-state index in [1.807, 2.05) is 0 Å². The Morgan fingerprint density at radius 2 is 1.89 bits per heavy atom. The first-order valence-corrected chi connectivity index (χ1v) is 2.39. The van der Waals surface area contributed by atoms with Crippen LogP contribution in [0.15, 0.2) is 4.99 Å². The first-order chi connectivity index (χ1) is 4.04. The quantitative estimate of drug-likeness (QED) is 0.169. The fourth-order valence-electron chi connectivity index (χ4n) is 0.222. The van der Waals surface area contributed by atoms with Crippen molar-refractivity contribution in [2.75, 3.05) is 14.1 Å². The minimum absolute atomic E-state index is 0.0509. The zero-order chi connectivity index (χ0) is 7.44. The average Bonchev–Trinajstić information content (AvgIpc) is 1.63. The van der Waals surface area contributed by atoms with Gasteiger partial charge in [-0.3, -0.25) is 5.41 Å². The lowest BCUT2D eigenvalue weighted by Crippen LogP contribution is -2.28. The van der Waals surface area contributed by atoms with E-state index >= 15 is 0 Å². The summed E-state index contributed by atoms with van der Waals surface area (Å²) < 4.78 is 0. The molecule has 0 fully saturated rings. The number of nitrogens with zero attached hydrogens (tertiary/aromatic N) is 2. The highest BCUT2D eigenvalue weighted by Gasteiger charge is 1.93. The number of guanidine groups is 2. The van der Waals surface area contributed by atoms with E-state index in [4.69, 9.17) is 16.9 Å². The zero-order valence-electron chi connectivity index (χ0n) is 5.55. The zero-order valence-corrected chi connectivity index (χ0v) is 5.55. The molecular weight excluding hydrogens is 127 g/mol. The molecule has 52 valence electrons. The SMILES string of the molecule is [13CH3][15N]([13CH3])[13C](=[15NH])[15N]=[13C]([15NH2])[15NH2]. The average molecular weight is 138 g/mol. The second-order valence-electron chi connectivity index (χ2n) is 1.75. The lowest BCUT2D eigenvalue weighted by atomic mass is 11.8. The first kappa shape index (κ1) is 7.74. The van der Waals surface area contributed by atoms with Crippen LogP contribution in [0.25, 0.3) is 0 Å². The van der Waals surface area contributed by atoms with E-state index in [9.17, 15) is 0 Å². The van der Waals surface area contributed by atoms with Crippen molar-refractivity contribution in [3.63, 3.8) is 0 Å². The van der Waals surface area contributed by atoms with Gasteiger partial charge in [0.15, 0.2) is 5.96 Å². The highest BCUT2D eigenvalue weighted by Crippen LogP contribution is 1.78. The van der Waals surface area contributed by atoms with Gasteiger partial charge in [-0.05, 0) is 0 Å². The normalized spacial score (nSPS) is 8.22. The van der Waals surface area contributed by atoms with Gasteiger partial charge in [0.25, 0.3) is 0 Å². The van der Waals surface area contributed by atoms with Crippen LogP contribution in [-0.4, -0.2) is 30.9 Å². The summed E-state index contributed by atoms with van der Waals surface area (Å²) in [6, 6.07) is 0. The maximum atomic E-state index is 7.05. The Hall–Kier alpha value is -1.26. The number of nitrogens with one attached hydrogen (secondary N) is 1. The van der Waals surface area contributed by atoms with Crippen LogP contribution in [0, 0.1) is 5.41 Å². The number of nitrogens with two attached hydrogens (primary N) is 2. The molecule has 9 heavy (non-hydrogen) atoms. The highest BCUT2D eigenvalue weighted by molar-refractivity contribution is 5.91. The maximum absolute atomic E-state index is 7.05. The summed E-state index contributed by atoms with van der Waals surface area (Å²) in [6.07, 6.45) is 0. The molecule has 0 aliphatic heterocycles. The van der Waals surface area contributed by atoms with Gasteiger partial charge in [0, 0.05) is 14.1 Å². The van der Waals surface area contributed by atoms with Crippen molar-refractivity contribution in [3.05, 3.63) is 0 Å². The van der Waals surface area contributed by atoms with E-state index in [-0.39, 0.29) is 11.9 Å². The predicted molar refractivity (Wildman–Crippen MR) is 37.2 cm³/mol. The molecule has 5 heteroatoms. The van der Waals surface area contributed by atoms with E-state index in [0.717, 1.165) is 0 Å². The van der Waals surface area contributed by atoms with Crippen molar-refractivity contribution >= 4 is 11.9 Å². The minimum atomic E-state index is -0.0892. The number of hydrogen-bond donors (Lipinski definition) is 3. The molecule has 5 N–H and O–H groups in total. The van der Waals surface area contributed by atoms with Crippen molar-refractivity contribution in [1.29, 1.82) is 5.41 Å². The standard InChI is InChI=1S/C4H11N5/c1-9(2)4(7)8-3(5)6/h1-2H3,(H5,5,6,7,8)/i1+1,2+1,3+1,4+1,5+1,6+1,7+1,8+1,9+1. The Bertz CT molecular complexity index is 132. The van der Waals surface area contributed by atoms with Crippen molar-refractivity contribution in [1.82, 2.24) is 4.90 Å². The molecule has 0 heterocycles. The van der Waals surface area contributed by atoms with Gasteiger partial charge in [0.05, 0.1) is 0 Å². The van der Waals surface area contributed by atoms with Gasteiger partial charge in [0.1, 0.15) is 0 Å². The molecule has 0 aliphatic rings. The number of aliphatic imine (C=N–C) groups is 1. The monoisotopic (exact) mass is 138 g/mol. The van der Waals surface area contributed by atoms with Crippen LogP contribution in [0.5, 0.6) is 0 Å². The summed E-state index contributed by atoms with van der Waals surface area (Å²) in [4.78, 5) is 4.96. The van der Waals surface area contributed by atoms with E-state index in [1.165, 1.54) is 4.90 Å². The predicted octanol–water partition coefficient (Wildman–Crippen LogP) is -1.24. The van der Waals surface area contributed by atoms with Gasteiger partial charge in [-0.1, -0.05) is 0 Å². The molecule has 0 radical (unpaired) electrons. The molecule has 0 atom stereocenters. The summed E-state index contributed by atoms with van der Waals surface area (Å²) in [7, 11) is 3.38. The molecule has 0 spiro atoms. The number of rotatable bonds is 0. The fraction of sp³-hybridized carbons (Fsp3) is 0.500. The molecule has 0 amide bonds. The van der Waals surface area contributed by atoms with Crippen LogP contribution in [0.2, 0.25) is 0 Å². The van der Waals surface area contributed by atoms with Gasteiger partial charge >= 0.3 is 0 Å². The Balaban J connectivity index is 3.93. The topological polar surface area (TPSA) is 91.5 Å². The smallest absolute Gasteiger partial charge is 0.220 e. The van der Waals surface area contributed by atoms with Crippen LogP contribution < -0.4 is 11.5 Å². The minimum Gasteiger partial charge on any atom is -0.370 e. The van der Waals surface area contributed by atoms with Gasteiger partial charge in [-0.15, -0.1) is 0 Å².